The van der Waals surface area contributed by atoms with E-state index in [0.29, 0.717) is 6.54 Å². The second-order valence-electron chi connectivity index (χ2n) is 6.61. The van der Waals surface area contributed by atoms with Crippen molar-refractivity contribution in [1.29, 1.82) is 0 Å². The Morgan fingerprint density at radius 2 is 1.68 bits per heavy atom. The van der Waals surface area contributed by atoms with Gasteiger partial charge >= 0.3 is 0 Å². The predicted molar refractivity (Wildman–Crippen MR) is 103 cm³/mol. The molecule has 1 N–H and O–H groups in total. The Balaban J connectivity index is 1.99. The first-order valence-corrected chi connectivity index (χ1v) is 9.06. The molecule has 2 rings (SSSR count). The van der Waals surface area contributed by atoms with Gasteiger partial charge in [0, 0.05) is 6.54 Å². The molecule has 134 valence electrons. The molecule has 1 amide bonds. The van der Waals surface area contributed by atoms with Crippen molar-refractivity contribution < 1.29 is 9.53 Å². The van der Waals surface area contributed by atoms with Crippen LogP contribution in [0.3, 0.4) is 0 Å². The van der Waals surface area contributed by atoms with Crippen molar-refractivity contribution in [1.82, 2.24) is 5.32 Å². The number of rotatable bonds is 7. The summed E-state index contributed by atoms with van der Waals surface area (Å²) < 4.78 is 5.82. The molecule has 0 saturated heterocycles. The molecule has 0 aliphatic rings. The fourth-order valence-corrected chi connectivity index (χ4v) is 2.99. The van der Waals surface area contributed by atoms with Crippen LogP contribution in [0.1, 0.15) is 48.6 Å². The topological polar surface area (TPSA) is 38.3 Å². The van der Waals surface area contributed by atoms with E-state index in [2.05, 4.69) is 43.4 Å². The molecule has 0 aromatic heterocycles. The van der Waals surface area contributed by atoms with Gasteiger partial charge in [-0.1, -0.05) is 38.1 Å². The second-order valence-corrected chi connectivity index (χ2v) is 6.61. The van der Waals surface area contributed by atoms with E-state index in [1.807, 2.05) is 26.0 Å². The van der Waals surface area contributed by atoms with Gasteiger partial charge in [-0.25, -0.2) is 0 Å². The maximum Gasteiger partial charge on any atom is 0.261 e. The Morgan fingerprint density at radius 1 is 1.00 bits per heavy atom. The van der Waals surface area contributed by atoms with Crippen LogP contribution < -0.4 is 10.1 Å². The minimum atomic E-state index is -0.527. The van der Waals surface area contributed by atoms with Gasteiger partial charge in [0.25, 0.3) is 5.91 Å². The highest BCUT2D eigenvalue weighted by atomic mass is 16.5. The highest BCUT2D eigenvalue weighted by molar-refractivity contribution is 5.80. The van der Waals surface area contributed by atoms with Crippen LogP contribution in [0.5, 0.6) is 5.75 Å². The predicted octanol–water partition coefficient (Wildman–Crippen LogP) is 4.51. The van der Waals surface area contributed by atoms with E-state index >= 15 is 0 Å². The average molecular weight is 339 g/mol. The summed E-state index contributed by atoms with van der Waals surface area (Å²) in [6.45, 7) is 10.7. The highest BCUT2D eigenvalue weighted by Gasteiger charge is 2.15. The maximum absolute atomic E-state index is 12.4. The Labute approximate surface area is 151 Å². The number of nitrogens with one attached hydrogen (secondary N) is 1. The number of hydrogen-bond acceptors (Lipinski definition) is 2. The molecule has 0 fully saturated rings. The van der Waals surface area contributed by atoms with Crippen LogP contribution in [-0.2, 0) is 24.2 Å². The van der Waals surface area contributed by atoms with Gasteiger partial charge in [-0.2, -0.15) is 0 Å². The molecule has 1 atom stereocenters. The fourth-order valence-electron chi connectivity index (χ4n) is 2.99. The van der Waals surface area contributed by atoms with Crippen LogP contribution in [0.25, 0.3) is 0 Å². The monoisotopic (exact) mass is 339 g/mol. The van der Waals surface area contributed by atoms with Crippen LogP contribution in [0.2, 0.25) is 0 Å². The summed E-state index contributed by atoms with van der Waals surface area (Å²) in [5.41, 5.74) is 6.02. The minimum absolute atomic E-state index is 0.0943. The van der Waals surface area contributed by atoms with Crippen molar-refractivity contribution in [3.8, 4) is 5.75 Å². The van der Waals surface area contributed by atoms with Gasteiger partial charge in [0.05, 0.1) is 0 Å². The van der Waals surface area contributed by atoms with Crippen LogP contribution in [0.15, 0.2) is 36.4 Å². The van der Waals surface area contributed by atoms with E-state index in [0.717, 1.165) is 29.7 Å². The fraction of sp³-hybridized carbons (Fsp3) is 0.409. The number of amides is 1. The van der Waals surface area contributed by atoms with Gasteiger partial charge in [0.15, 0.2) is 6.10 Å². The molecule has 3 nitrogen and oxygen atoms in total. The van der Waals surface area contributed by atoms with Crippen molar-refractivity contribution in [3.05, 3.63) is 64.2 Å². The Bertz CT molecular complexity index is 717. The lowest BCUT2D eigenvalue weighted by molar-refractivity contribution is -0.127. The Morgan fingerprint density at radius 3 is 2.28 bits per heavy atom. The first-order chi connectivity index (χ1) is 11.9. The molecular formula is C22H29NO2. The second kappa shape index (κ2) is 8.70. The average Bonchev–Trinajstić information content (AvgIpc) is 2.58. The highest BCUT2D eigenvalue weighted by Crippen LogP contribution is 2.18. The number of carbonyl (C=O) groups is 1. The molecular weight excluding hydrogens is 310 g/mol. The summed E-state index contributed by atoms with van der Waals surface area (Å²) in [5.74, 6) is 0.644. The molecule has 0 aliphatic carbocycles. The molecule has 3 heteroatoms. The summed E-state index contributed by atoms with van der Waals surface area (Å²) in [5, 5.41) is 3.01. The molecule has 0 aliphatic heterocycles. The van der Waals surface area contributed by atoms with Gasteiger partial charge in [-0.3, -0.25) is 4.79 Å². The smallest absolute Gasteiger partial charge is 0.261 e. The van der Waals surface area contributed by atoms with E-state index in [1.165, 1.54) is 16.7 Å². The summed E-state index contributed by atoms with van der Waals surface area (Å²) in [4.78, 5) is 12.4. The quantitative estimate of drug-likeness (QED) is 0.806. The van der Waals surface area contributed by atoms with Gasteiger partial charge < -0.3 is 10.1 Å². The van der Waals surface area contributed by atoms with Gasteiger partial charge in [-0.05, 0) is 73.6 Å². The molecule has 0 saturated carbocycles. The summed E-state index contributed by atoms with van der Waals surface area (Å²) in [7, 11) is 0. The molecule has 25 heavy (non-hydrogen) atoms. The first kappa shape index (κ1) is 19.0. The molecule has 0 radical (unpaired) electrons. The zero-order valence-electron chi connectivity index (χ0n) is 16.0. The van der Waals surface area contributed by atoms with Crippen molar-refractivity contribution >= 4 is 5.91 Å². The first-order valence-electron chi connectivity index (χ1n) is 9.06. The molecule has 2 aromatic rings. The third kappa shape index (κ3) is 5.35. The van der Waals surface area contributed by atoms with Crippen LogP contribution in [0, 0.1) is 13.8 Å². The van der Waals surface area contributed by atoms with Crippen LogP contribution in [-0.4, -0.2) is 12.0 Å². The van der Waals surface area contributed by atoms with Crippen LogP contribution >= 0.6 is 0 Å². The lowest BCUT2D eigenvalue weighted by Crippen LogP contribution is -2.36. The van der Waals surface area contributed by atoms with Gasteiger partial charge in [0.1, 0.15) is 5.75 Å². The van der Waals surface area contributed by atoms with E-state index in [-0.39, 0.29) is 5.91 Å². The largest absolute Gasteiger partial charge is 0.481 e. The number of aryl methyl sites for hydroxylation is 4. The molecule has 1 unspecified atom stereocenters. The SMILES string of the molecule is CCc1ccc(CC)c(CNC(=O)C(C)Oc2cc(C)cc(C)c2)c1. The Hall–Kier alpha value is -2.29. The zero-order valence-corrected chi connectivity index (χ0v) is 16.0. The third-order valence-corrected chi connectivity index (χ3v) is 4.39. The van der Waals surface area contributed by atoms with Crippen molar-refractivity contribution in [2.45, 2.75) is 60.1 Å². The van der Waals surface area contributed by atoms with Gasteiger partial charge in [-0.15, -0.1) is 0 Å². The van der Waals surface area contributed by atoms with E-state index < -0.39 is 6.10 Å². The minimum Gasteiger partial charge on any atom is -0.481 e. The maximum atomic E-state index is 12.4. The number of carbonyl (C=O) groups excluding carboxylic acids is 1. The molecule has 0 bridgehead atoms. The van der Waals surface area contributed by atoms with E-state index in [9.17, 15) is 4.79 Å². The molecule has 2 aromatic carbocycles. The number of benzene rings is 2. The number of hydrogen-bond donors (Lipinski definition) is 1. The number of ether oxygens (including phenoxy) is 1. The Kier molecular flexibility index (Phi) is 6.63. The van der Waals surface area contributed by atoms with Gasteiger partial charge in [0.2, 0.25) is 0 Å². The lowest BCUT2D eigenvalue weighted by atomic mass is 10.0. The zero-order chi connectivity index (χ0) is 18.4. The van der Waals surface area contributed by atoms with Crippen molar-refractivity contribution in [2.75, 3.05) is 0 Å². The lowest BCUT2D eigenvalue weighted by Gasteiger charge is -2.17. The van der Waals surface area contributed by atoms with Crippen molar-refractivity contribution in [3.63, 3.8) is 0 Å². The summed E-state index contributed by atoms with van der Waals surface area (Å²) in [6, 6.07) is 12.5. The standard InChI is InChI=1S/C22H29NO2/c1-6-18-8-9-19(7-2)20(13-18)14-23-22(24)17(5)25-21-11-15(3)10-16(4)12-21/h8-13,17H,6-7,14H2,1-5H3,(H,23,24). The molecule has 0 heterocycles. The molecule has 0 spiro atoms. The van der Waals surface area contributed by atoms with Crippen LogP contribution in [0.4, 0.5) is 0 Å². The van der Waals surface area contributed by atoms with Crippen molar-refractivity contribution in [2.24, 2.45) is 0 Å². The summed E-state index contributed by atoms with van der Waals surface area (Å²) >= 11 is 0. The normalized spacial score (nSPS) is 11.9. The van der Waals surface area contributed by atoms with E-state index in [4.69, 9.17) is 4.74 Å². The van der Waals surface area contributed by atoms with E-state index in [1.54, 1.807) is 6.92 Å². The third-order valence-electron chi connectivity index (χ3n) is 4.39. The summed E-state index contributed by atoms with van der Waals surface area (Å²) in [6.07, 6.45) is 1.43.